The van der Waals surface area contributed by atoms with E-state index < -0.39 is 0 Å². The molecular formula is C20H14ClNO3. The minimum absolute atomic E-state index is 0.0722. The summed E-state index contributed by atoms with van der Waals surface area (Å²) in [6.45, 7) is 0. The predicted octanol–water partition coefficient (Wildman–Crippen LogP) is 4.53. The number of rotatable bonds is 4. The maximum absolute atomic E-state index is 12.7. The van der Waals surface area contributed by atoms with Crippen molar-refractivity contribution in [2.45, 2.75) is 0 Å². The molecule has 0 aliphatic rings. The SMILES string of the molecule is O=C(Nc1ccc(Cl)cc1C(=O)c1ccccc1)c1ccc(O)cc1. The average molecular weight is 352 g/mol. The smallest absolute Gasteiger partial charge is 0.255 e. The van der Waals surface area contributed by atoms with Gasteiger partial charge in [-0.2, -0.15) is 0 Å². The highest BCUT2D eigenvalue weighted by atomic mass is 35.5. The van der Waals surface area contributed by atoms with Crippen LogP contribution in [0.2, 0.25) is 5.02 Å². The van der Waals surface area contributed by atoms with Gasteiger partial charge < -0.3 is 10.4 Å². The molecule has 5 heteroatoms. The molecule has 2 N–H and O–H groups in total. The summed E-state index contributed by atoms with van der Waals surface area (Å²) in [6.07, 6.45) is 0. The van der Waals surface area contributed by atoms with Crippen molar-refractivity contribution in [2.24, 2.45) is 0 Å². The second kappa shape index (κ2) is 7.20. The molecule has 0 aliphatic heterocycles. The molecule has 0 fully saturated rings. The third-order valence-corrected chi connectivity index (χ3v) is 3.88. The standard InChI is InChI=1S/C20H14ClNO3/c21-15-8-11-18(22-20(25)14-6-9-16(23)10-7-14)17(12-15)19(24)13-4-2-1-3-5-13/h1-12,23H,(H,22,25). The van der Waals surface area contributed by atoms with Gasteiger partial charge in [-0.3, -0.25) is 9.59 Å². The first-order valence-electron chi connectivity index (χ1n) is 7.54. The third kappa shape index (κ3) is 3.87. The van der Waals surface area contributed by atoms with Crippen molar-refractivity contribution < 1.29 is 14.7 Å². The number of anilines is 1. The van der Waals surface area contributed by atoms with Gasteiger partial charge in [-0.05, 0) is 42.5 Å². The number of hydrogen-bond acceptors (Lipinski definition) is 3. The van der Waals surface area contributed by atoms with Crippen LogP contribution in [0.5, 0.6) is 5.75 Å². The summed E-state index contributed by atoms with van der Waals surface area (Å²) in [5, 5.41) is 12.4. The summed E-state index contributed by atoms with van der Waals surface area (Å²) in [5.74, 6) is -0.545. The number of ketones is 1. The molecule has 0 saturated heterocycles. The van der Waals surface area contributed by atoms with Crippen molar-refractivity contribution in [1.29, 1.82) is 0 Å². The summed E-state index contributed by atoms with van der Waals surface area (Å²) in [6, 6.07) is 19.3. The zero-order chi connectivity index (χ0) is 17.8. The van der Waals surface area contributed by atoms with Gasteiger partial charge in [0.25, 0.3) is 5.91 Å². The molecule has 124 valence electrons. The fourth-order valence-electron chi connectivity index (χ4n) is 2.37. The highest BCUT2D eigenvalue weighted by molar-refractivity contribution is 6.31. The Bertz CT molecular complexity index is 921. The Labute approximate surface area is 149 Å². The maximum atomic E-state index is 12.7. The fourth-order valence-corrected chi connectivity index (χ4v) is 2.54. The number of carbonyl (C=O) groups is 2. The Morgan fingerprint density at radius 2 is 1.52 bits per heavy atom. The van der Waals surface area contributed by atoms with Crippen LogP contribution in [0.15, 0.2) is 72.8 Å². The van der Waals surface area contributed by atoms with Gasteiger partial charge >= 0.3 is 0 Å². The van der Waals surface area contributed by atoms with Crippen molar-refractivity contribution in [2.75, 3.05) is 5.32 Å². The molecule has 0 radical (unpaired) electrons. The first-order valence-corrected chi connectivity index (χ1v) is 7.92. The average Bonchev–Trinajstić information content (AvgIpc) is 2.64. The van der Waals surface area contributed by atoms with Gasteiger partial charge in [-0.15, -0.1) is 0 Å². The van der Waals surface area contributed by atoms with Gasteiger partial charge in [0, 0.05) is 21.7 Å². The summed E-state index contributed by atoms with van der Waals surface area (Å²) in [5.41, 5.74) is 1.55. The molecule has 3 aromatic carbocycles. The van der Waals surface area contributed by atoms with E-state index in [0.29, 0.717) is 27.4 Å². The summed E-state index contributed by atoms with van der Waals surface area (Å²) in [7, 11) is 0. The summed E-state index contributed by atoms with van der Waals surface area (Å²) < 4.78 is 0. The molecular weight excluding hydrogens is 338 g/mol. The fraction of sp³-hybridized carbons (Fsp3) is 0. The number of phenols is 1. The van der Waals surface area contributed by atoms with E-state index in [1.807, 2.05) is 6.07 Å². The van der Waals surface area contributed by atoms with Gasteiger partial charge in [0.2, 0.25) is 0 Å². The van der Waals surface area contributed by atoms with Gasteiger partial charge in [-0.25, -0.2) is 0 Å². The number of amides is 1. The topological polar surface area (TPSA) is 66.4 Å². The third-order valence-electron chi connectivity index (χ3n) is 3.64. The van der Waals surface area contributed by atoms with E-state index in [2.05, 4.69) is 5.32 Å². The zero-order valence-corrected chi connectivity index (χ0v) is 13.8. The van der Waals surface area contributed by atoms with Crippen LogP contribution in [0.1, 0.15) is 26.3 Å². The highest BCUT2D eigenvalue weighted by Crippen LogP contribution is 2.24. The Morgan fingerprint density at radius 3 is 2.20 bits per heavy atom. The van der Waals surface area contributed by atoms with Crippen LogP contribution < -0.4 is 5.32 Å². The van der Waals surface area contributed by atoms with E-state index >= 15 is 0 Å². The normalized spacial score (nSPS) is 10.3. The van der Waals surface area contributed by atoms with Crippen LogP contribution >= 0.6 is 11.6 Å². The minimum Gasteiger partial charge on any atom is -0.508 e. The van der Waals surface area contributed by atoms with E-state index in [1.165, 1.54) is 30.3 Å². The Kier molecular flexibility index (Phi) is 4.82. The molecule has 1 amide bonds. The van der Waals surface area contributed by atoms with Crippen LogP contribution in [0.25, 0.3) is 0 Å². The minimum atomic E-state index is -0.385. The van der Waals surface area contributed by atoms with Crippen LogP contribution in [-0.4, -0.2) is 16.8 Å². The van der Waals surface area contributed by atoms with E-state index in [-0.39, 0.29) is 17.4 Å². The largest absolute Gasteiger partial charge is 0.508 e. The lowest BCUT2D eigenvalue weighted by atomic mass is 10.0. The van der Waals surface area contributed by atoms with Crippen molar-refractivity contribution in [3.05, 3.63) is 94.5 Å². The van der Waals surface area contributed by atoms with Crippen LogP contribution in [0.3, 0.4) is 0 Å². The number of nitrogens with one attached hydrogen (secondary N) is 1. The van der Waals surface area contributed by atoms with Gasteiger partial charge in [0.05, 0.1) is 5.69 Å². The molecule has 3 aromatic rings. The summed E-state index contributed by atoms with van der Waals surface area (Å²) >= 11 is 6.03. The molecule has 4 nitrogen and oxygen atoms in total. The van der Waals surface area contributed by atoms with Crippen molar-refractivity contribution in [1.82, 2.24) is 0 Å². The second-order valence-electron chi connectivity index (χ2n) is 5.39. The lowest BCUT2D eigenvalue weighted by molar-refractivity contribution is 0.102. The molecule has 0 spiro atoms. The monoisotopic (exact) mass is 351 g/mol. The first-order chi connectivity index (χ1) is 12.0. The molecule has 0 bridgehead atoms. The van der Waals surface area contributed by atoms with E-state index in [9.17, 15) is 14.7 Å². The number of aromatic hydroxyl groups is 1. The summed E-state index contributed by atoms with van der Waals surface area (Å²) in [4.78, 5) is 25.1. The van der Waals surface area contributed by atoms with Crippen LogP contribution in [0, 0.1) is 0 Å². The van der Waals surface area contributed by atoms with Crippen molar-refractivity contribution in [3.8, 4) is 5.75 Å². The number of carbonyl (C=O) groups excluding carboxylic acids is 2. The molecule has 0 aliphatic carbocycles. The quantitative estimate of drug-likeness (QED) is 0.679. The van der Waals surface area contributed by atoms with E-state index in [0.717, 1.165) is 0 Å². The molecule has 0 heterocycles. The van der Waals surface area contributed by atoms with E-state index in [1.54, 1.807) is 36.4 Å². The number of phenolic OH excluding ortho intramolecular Hbond substituents is 1. The molecule has 0 atom stereocenters. The van der Waals surface area contributed by atoms with Crippen molar-refractivity contribution >= 4 is 29.0 Å². The lowest BCUT2D eigenvalue weighted by Gasteiger charge is -2.11. The van der Waals surface area contributed by atoms with Crippen molar-refractivity contribution in [3.63, 3.8) is 0 Å². The van der Waals surface area contributed by atoms with Gasteiger partial charge in [-0.1, -0.05) is 41.9 Å². The molecule has 0 aromatic heterocycles. The first kappa shape index (κ1) is 16.7. The Balaban J connectivity index is 1.93. The Morgan fingerprint density at radius 1 is 0.840 bits per heavy atom. The molecule has 0 unspecified atom stereocenters. The number of hydrogen-bond donors (Lipinski definition) is 2. The Hall–Kier alpha value is -3.11. The molecule has 25 heavy (non-hydrogen) atoms. The van der Waals surface area contributed by atoms with E-state index in [4.69, 9.17) is 11.6 Å². The van der Waals surface area contributed by atoms with Gasteiger partial charge in [0.1, 0.15) is 5.75 Å². The lowest BCUT2D eigenvalue weighted by Crippen LogP contribution is -2.15. The van der Waals surface area contributed by atoms with Crippen LogP contribution in [0.4, 0.5) is 5.69 Å². The molecule has 3 rings (SSSR count). The maximum Gasteiger partial charge on any atom is 0.255 e. The second-order valence-corrected chi connectivity index (χ2v) is 5.82. The zero-order valence-electron chi connectivity index (χ0n) is 13.1. The van der Waals surface area contributed by atoms with Crippen LogP contribution in [-0.2, 0) is 0 Å². The number of halogens is 1. The molecule has 0 saturated carbocycles. The number of benzene rings is 3. The predicted molar refractivity (Wildman–Crippen MR) is 97.4 cm³/mol. The highest BCUT2D eigenvalue weighted by Gasteiger charge is 2.16. The van der Waals surface area contributed by atoms with Gasteiger partial charge in [0.15, 0.2) is 5.78 Å².